The Morgan fingerprint density at radius 2 is 2.04 bits per heavy atom. The molecule has 1 aromatic carbocycles. The Morgan fingerprint density at radius 1 is 1.27 bits per heavy atom. The molecule has 0 bridgehead atoms. The third-order valence-electron chi connectivity index (χ3n) is 3.92. The highest BCUT2D eigenvalue weighted by atomic mass is 32.1. The third kappa shape index (κ3) is 4.49. The van der Waals surface area contributed by atoms with E-state index in [0.717, 1.165) is 22.9 Å². The molecule has 1 N–H and O–H groups in total. The molecular weight excluding hydrogens is 348 g/mol. The smallest absolute Gasteiger partial charge is 0.246 e. The average molecular weight is 370 g/mol. The minimum atomic E-state index is -0.102. The van der Waals surface area contributed by atoms with E-state index in [9.17, 15) is 4.79 Å². The Bertz CT molecular complexity index is 868. The number of carbonyl (C=O) groups is 1. The quantitative estimate of drug-likeness (QED) is 0.688. The van der Waals surface area contributed by atoms with Crippen molar-refractivity contribution in [3.63, 3.8) is 0 Å². The summed E-state index contributed by atoms with van der Waals surface area (Å²) in [7, 11) is 1.65. The molecule has 2 aromatic heterocycles. The number of hydrogen-bond acceptors (Lipinski definition) is 5. The van der Waals surface area contributed by atoms with Crippen LogP contribution in [0.5, 0.6) is 5.75 Å². The molecule has 6 nitrogen and oxygen atoms in total. The number of anilines is 1. The van der Waals surface area contributed by atoms with E-state index >= 15 is 0 Å². The van der Waals surface area contributed by atoms with Crippen LogP contribution < -0.4 is 10.1 Å². The Kier molecular flexibility index (Phi) is 5.68. The number of nitrogens with zero attached hydrogens (tertiary/aromatic N) is 3. The van der Waals surface area contributed by atoms with Crippen LogP contribution in [0.25, 0.3) is 0 Å². The van der Waals surface area contributed by atoms with Gasteiger partial charge in [-0.25, -0.2) is 9.97 Å². The predicted octanol–water partition coefficient (Wildman–Crippen LogP) is 3.70. The predicted molar refractivity (Wildman–Crippen MR) is 103 cm³/mol. The number of thiazole rings is 1. The molecule has 0 spiro atoms. The van der Waals surface area contributed by atoms with Gasteiger partial charge in [0.25, 0.3) is 0 Å². The lowest BCUT2D eigenvalue weighted by Crippen LogP contribution is -2.20. The molecule has 0 atom stereocenters. The second-order valence-electron chi connectivity index (χ2n) is 6.27. The van der Waals surface area contributed by atoms with Gasteiger partial charge in [0.15, 0.2) is 5.13 Å². The monoisotopic (exact) mass is 370 g/mol. The molecule has 0 saturated carbocycles. The first-order chi connectivity index (χ1) is 12.5. The van der Waals surface area contributed by atoms with Crippen LogP contribution >= 0.6 is 11.3 Å². The molecule has 0 saturated heterocycles. The Balaban J connectivity index is 1.59. The van der Waals surface area contributed by atoms with E-state index in [1.54, 1.807) is 19.5 Å². The lowest BCUT2D eigenvalue weighted by Gasteiger charge is -2.09. The number of hydrogen-bond donors (Lipinski definition) is 1. The van der Waals surface area contributed by atoms with E-state index in [1.807, 2.05) is 35.0 Å². The second kappa shape index (κ2) is 8.14. The highest BCUT2D eigenvalue weighted by molar-refractivity contribution is 7.15. The highest BCUT2D eigenvalue weighted by Gasteiger charge is 2.12. The van der Waals surface area contributed by atoms with Crippen LogP contribution in [0.2, 0.25) is 0 Å². The first-order valence-electron chi connectivity index (χ1n) is 8.43. The second-order valence-corrected chi connectivity index (χ2v) is 7.39. The average Bonchev–Trinajstić information content (AvgIpc) is 3.25. The molecular formula is C19H22N4O2S. The molecule has 2 heterocycles. The molecule has 0 aliphatic rings. The van der Waals surface area contributed by atoms with E-state index in [-0.39, 0.29) is 18.4 Å². The van der Waals surface area contributed by atoms with Gasteiger partial charge in [-0.2, -0.15) is 0 Å². The summed E-state index contributed by atoms with van der Waals surface area (Å²) in [6.07, 6.45) is 6.13. The lowest BCUT2D eigenvalue weighted by atomic mass is 10.1. The topological polar surface area (TPSA) is 69.0 Å². The number of rotatable bonds is 7. The SMILES string of the molecule is COc1ccc(Cc2cnc(NC(=O)Cn3ccnc3C(C)C)s2)cc1. The summed E-state index contributed by atoms with van der Waals surface area (Å²) in [5.41, 5.74) is 1.17. The molecule has 0 fully saturated rings. The maximum absolute atomic E-state index is 12.3. The van der Waals surface area contributed by atoms with Gasteiger partial charge in [0.05, 0.1) is 7.11 Å². The van der Waals surface area contributed by atoms with Crippen LogP contribution in [0, 0.1) is 0 Å². The summed E-state index contributed by atoms with van der Waals surface area (Å²) in [5, 5.41) is 3.49. The molecule has 0 radical (unpaired) electrons. The van der Waals surface area contributed by atoms with Crippen molar-refractivity contribution in [2.75, 3.05) is 12.4 Å². The van der Waals surface area contributed by atoms with Gasteiger partial charge in [-0.15, -0.1) is 11.3 Å². The van der Waals surface area contributed by atoms with Crippen LogP contribution in [-0.4, -0.2) is 27.6 Å². The number of carbonyl (C=O) groups excluding carboxylic acids is 1. The summed E-state index contributed by atoms with van der Waals surface area (Å²) < 4.78 is 7.04. The Morgan fingerprint density at radius 3 is 2.73 bits per heavy atom. The molecule has 3 rings (SSSR count). The van der Waals surface area contributed by atoms with Crippen molar-refractivity contribution in [3.8, 4) is 5.75 Å². The molecule has 0 aliphatic heterocycles. The van der Waals surface area contributed by atoms with Gasteiger partial charge in [0.2, 0.25) is 5.91 Å². The third-order valence-corrected chi connectivity index (χ3v) is 4.83. The molecule has 26 heavy (non-hydrogen) atoms. The molecule has 1 amide bonds. The van der Waals surface area contributed by atoms with Gasteiger partial charge in [0.1, 0.15) is 18.1 Å². The number of benzene rings is 1. The summed E-state index contributed by atoms with van der Waals surface area (Å²) in [5.74, 6) is 1.91. The van der Waals surface area contributed by atoms with Gasteiger partial charge in [-0.1, -0.05) is 26.0 Å². The van der Waals surface area contributed by atoms with Crippen molar-refractivity contribution in [2.24, 2.45) is 0 Å². The highest BCUT2D eigenvalue weighted by Crippen LogP contribution is 2.22. The van der Waals surface area contributed by atoms with E-state index in [2.05, 4.69) is 29.1 Å². The molecule has 0 unspecified atom stereocenters. The fraction of sp³-hybridized carbons (Fsp3) is 0.316. The first-order valence-corrected chi connectivity index (χ1v) is 9.25. The van der Waals surface area contributed by atoms with Gasteiger partial charge >= 0.3 is 0 Å². The van der Waals surface area contributed by atoms with Crippen LogP contribution in [0.4, 0.5) is 5.13 Å². The summed E-state index contributed by atoms with van der Waals surface area (Å²) in [4.78, 5) is 22.0. The molecule has 136 valence electrons. The fourth-order valence-electron chi connectivity index (χ4n) is 2.66. The Hall–Kier alpha value is -2.67. The number of methoxy groups -OCH3 is 1. The number of imidazole rings is 1. The zero-order valence-corrected chi connectivity index (χ0v) is 15.9. The summed E-state index contributed by atoms with van der Waals surface area (Å²) >= 11 is 1.49. The zero-order valence-electron chi connectivity index (χ0n) is 15.1. The molecule has 7 heteroatoms. The van der Waals surface area contributed by atoms with E-state index in [4.69, 9.17) is 4.74 Å². The standard InChI is InChI=1S/C19H22N4O2S/c1-13(2)18-20-8-9-23(18)12-17(24)22-19-21-11-16(26-19)10-14-4-6-15(25-3)7-5-14/h4-9,11,13H,10,12H2,1-3H3,(H,21,22,24). The summed E-state index contributed by atoms with van der Waals surface area (Å²) in [6.45, 7) is 4.35. The van der Waals surface area contributed by atoms with Gasteiger partial charge in [-0.05, 0) is 17.7 Å². The maximum atomic E-state index is 12.3. The van der Waals surface area contributed by atoms with Crippen molar-refractivity contribution in [1.82, 2.24) is 14.5 Å². The number of amides is 1. The Labute approximate surface area is 156 Å². The van der Waals surface area contributed by atoms with Crippen molar-refractivity contribution < 1.29 is 9.53 Å². The number of aromatic nitrogens is 3. The van der Waals surface area contributed by atoms with Crippen molar-refractivity contribution in [2.45, 2.75) is 32.7 Å². The van der Waals surface area contributed by atoms with Gasteiger partial charge < -0.3 is 14.6 Å². The number of nitrogens with one attached hydrogen (secondary N) is 1. The molecule has 3 aromatic rings. The normalized spacial score (nSPS) is 10.9. The number of ether oxygens (including phenoxy) is 1. The van der Waals surface area contributed by atoms with Crippen LogP contribution in [0.3, 0.4) is 0 Å². The largest absolute Gasteiger partial charge is 0.497 e. The van der Waals surface area contributed by atoms with Crippen molar-refractivity contribution in [1.29, 1.82) is 0 Å². The summed E-state index contributed by atoms with van der Waals surface area (Å²) in [6, 6.07) is 7.94. The van der Waals surface area contributed by atoms with Crippen LogP contribution in [-0.2, 0) is 17.8 Å². The van der Waals surface area contributed by atoms with E-state index in [0.29, 0.717) is 5.13 Å². The fourth-order valence-corrected chi connectivity index (χ4v) is 3.52. The van der Waals surface area contributed by atoms with Gasteiger partial charge in [0, 0.05) is 35.8 Å². The van der Waals surface area contributed by atoms with Gasteiger partial charge in [-0.3, -0.25) is 4.79 Å². The van der Waals surface area contributed by atoms with E-state index in [1.165, 1.54) is 16.9 Å². The zero-order chi connectivity index (χ0) is 18.5. The lowest BCUT2D eigenvalue weighted by molar-refractivity contribution is -0.116. The van der Waals surface area contributed by atoms with Crippen molar-refractivity contribution >= 4 is 22.4 Å². The first kappa shape index (κ1) is 18.1. The van der Waals surface area contributed by atoms with E-state index < -0.39 is 0 Å². The molecule has 0 aliphatic carbocycles. The van der Waals surface area contributed by atoms with Crippen molar-refractivity contribution in [3.05, 3.63) is 59.1 Å². The minimum absolute atomic E-state index is 0.102. The minimum Gasteiger partial charge on any atom is -0.497 e. The van der Waals surface area contributed by atoms with Crippen LogP contribution in [0.1, 0.15) is 36.0 Å². The van der Waals surface area contributed by atoms with Crippen LogP contribution in [0.15, 0.2) is 42.9 Å². The maximum Gasteiger partial charge on any atom is 0.246 e.